The molecule has 0 saturated carbocycles. The summed E-state index contributed by atoms with van der Waals surface area (Å²) in [6, 6.07) is 10.2. The van der Waals surface area contributed by atoms with Crippen molar-refractivity contribution in [2.24, 2.45) is 0 Å². The normalized spacial score (nSPS) is 12.0. The number of rotatable bonds is 1. The Kier molecular flexibility index (Phi) is 3.42. The van der Waals surface area contributed by atoms with Crippen LogP contribution in [-0.4, -0.2) is 14.8 Å². The SMILES string of the molecule is Cc1nn(C(C)(C)C)c2nc(-c3ccccc3)sc(=S)c12. The Labute approximate surface area is 133 Å². The summed E-state index contributed by atoms with van der Waals surface area (Å²) in [5.74, 6) is 0. The minimum atomic E-state index is -0.124. The van der Waals surface area contributed by atoms with E-state index < -0.39 is 0 Å². The summed E-state index contributed by atoms with van der Waals surface area (Å²) in [7, 11) is 0. The summed E-state index contributed by atoms with van der Waals surface area (Å²) >= 11 is 7.14. The van der Waals surface area contributed by atoms with Gasteiger partial charge in [-0.25, -0.2) is 9.67 Å². The summed E-state index contributed by atoms with van der Waals surface area (Å²) in [4.78, 5) is 4.85. The fourth-order valence-electron chi connectivity index (χ4n) is 2.29. The van der Waals surface area contributed by atoms with Gasteiger partial charge in [-0.3, -0.25) is 0 Å². The van der Waals surface area contributed by atoms with Crippen molar-refractivity contribution in [2.75, 3.05) is 0 Å². The highest BCUT2D eigenvalue weighted by atomic mass is 32.1. The van der Waals surface area contributed by atoms with Gasteiger partial charge in [0.1, 0.15) is 8.83 Å². The molecular weight excluding hydrogens is 298 g/mol. The molecule has 0 atom stereocenters. The van der Waals surface area contributed by atoms with Crippen LogP contribution in [0, 0.1) is 10.7 Å². The smallest absolute Gasteiger partial charge is 0.162 e. The molecule has 21 heavy (non-hydrogen) atoms. The van der Waals surface area contributed by atoms with Crippen LogP contribution in [0.2, 0.25) is 0 Å². The van der Waals surface area contributed by atoms with E-state index in [1.807, 2.05) is 29.8 Å². The summed E-state index contributed by atoms with van der Waals surface area (Å²) < 4.78 is 2.83. The molecule has 0 N–H and O–H groups in total. The van der Waals surface area contributed by atoms with Crippen molar-refractivity contribution in [2.45, 2.75) is 33.2 Å². The third-order valence-electron chi connectivity index (χ3n) is 3.29. The van der Waals surface area contributed by atoms with E-state index in [0.29, 0.717) is 0 Å². The number of hydrogen-bond donors (Lipinski definition) is 0. The fraction of sp³-hybridized carbons (Fsp3) is 0.312. The van der Waals surface area contributed by atoms with Gasteiger partial charge in [0, 0.05) is 5.56 Å². The average molecular weight is 315 g/mol. The highest BCUT2D eigenvalue weighted by Crippen LogP contribution is 2.31. The molecule has 0 bridgehead atoms. The van der Waals surface area contributed by atoms with Crippen molar-refractivity contribution in [3.8, 4) is 10.6 Å². The maximum absolute atomic E-state index is 5.59. The molecule has 108 valence electrons. The van der Waals surface area contributed by atoms with Gasteiger partial charge in [-0.1, -0.05) is 42.5 Å². The summed E-state index contributed by atoms with van der Waals surface area (Å²) in [5.41, 5.74) is 2.80. The van der Waals surface area contributed by atoms with Crippen LogP contribution in [0.25, 0.3) is 21.6 Å². The fourth-order valence-corrected chi connectivity index (χ4v) is 3.67. The second kappa shape index (κ2) is 5.00. The van der Waals surface area contributed by atoms with Crippen LogP contribution < -0.4 is 0 Å². The van der Waals surface area contributed by atoms with Gasteiger partial charge in [0.05, 0.1) is 16.6 Å². The van der Waals surface area contributed by atoms with E-state index in [1.54, 1.807) is 11.3 Å². The molecule has 3 rings (SSSR count). The van der Waals surface area contributed by atoms with Gasteiger partial charge < -0.3 is 0 Å². The Morgan fingerprint density at radius 2 is 1.81 bits per heavy atom. The van der Waals surface area contributed by atoms with Gasteiger partial charge in [0.15, 0.2) is 5.65 Å². The standard InChI is InChI=1S/C16H17N3S2/c1-10-12-13(19(18-10)16(2,3)4)17-14(21-15(12)20)11-8-6-5-7-9-11/h5-9H,1-4H3. The Morgan fingerprint density at radius 1 is 1.14 bits per heavy atom. The zero-order valence-corrected chi connectivity index (χ0v) is 14.2. The Bertz CT molecular complexity index is 855. The Hall–Kier alpha value is -1.59. The van der Waals surface area contributed by atoms with Crippen LogP contribution in [0.1, 0.15) is 26.5 Å². The minimum absolute atomic E-state index is 0.124. The van der Waals surface area contributed by atoms with Crippen LogP contribution in [0.5, 0.6) is 0 Å². The summed E-state index contributed by atoms with van der Waals surface area (Å²) in [6.45, 7) is 8.38. The number of hydrogen-bond acceptors (Lipinski definition) is 4. The van der Waals surface area contributed by atoms with Crippen LogP contribution >= 0.6 is 23.6 Å². The predicted octanol–water partition coefficient (Wildman–Crippen LogP) is 4.95. The molecule has 0 aliphatic heterocycles. The minimum Gasteiger partial charge on any atom is -0.242 e. The van der Waals surface area contributed by atoms with Gasteiger partial charge >= 0.3 is 0 Å². The lowest BCUT2D eigenvalue weighted by Crippen LogP contribution is -2.23. The molecule has 0 aliphatic carbocycles. The Morgan fingerprint density at radius 3 is 2.43 bits per heavy atom. The molecular formula is C16H17N3S2. The molecule has 0 saturated heterocycles. The molecule has 0 fully saturated rings. The number of nitrogens with zero attached hydrogens (tertiary/aromatic N) is 3. The molecule has 0 radical (unpaired) electrons. The van der Waals surface area contributed by atoms with E-state index in [-0.39, 0.29) is 5.54 Å². The first-order chi connectivity index (χ1) is 9.88. The van der Waals surface area contributed by atoms with Crippen molar-refractivity contribution in [1.29, 1.82) is 0 Å². The highest BCUT2D eigenvalue weighted by Gasteiger charge is 2.21. The zero-order chi connectivity index (χ0) is 15.2. The maximum atomic E-state index is 5.59. The molecule has 3 aromatic rings. The quantitative estimate of drug-likeness (QED) is 0.595. The Balaban J connectivity index is 2.36. The van der Waals surface area contributed by atoms with Gasteiger partial charge in [-0.15, -0.1) is 11.3 Å². The predicted molar refractivity (Wildman–Crippen MR) is 91.4 cm³/mol. The second-order valence-corrected chi connectivity index (χ2v) is 7.70. The summed E-state index contributed by atoms with van der Waals surface area (Å²) in [5, 5.41) is 6.60. The number of benzene rings is 1. The molecule has 0 aliphatic rings. The largest absolute Gasteiger partial charge is 0.242 e. The second-order valence-electron chi connectivity index (χ2n) is 6.04. The average Bonchev–Trinajstić information content (AvgIpc) is 2.77. The third-order valence-corrected chi connectivity index (χ3v) is 4.66. The topological polar surface area (TPSA) is 30.7 Å². The highest BCUT2D eigenvalue weighted by molar-refractivity contribution is 7.74. The van der Waals surface area contributed by atoms with E-state index >= 15 is 0 Å². The first-order valence-electron chi connectivity index (χ1n) is 6.84. The van der Waals surface area contributed by atoms with E-state index in [0.717, 1.165) is 31.1 Å². The number of fused-ring (bicyclic) bond motifs is 1. The van der Waals surface area contributed by atoms with Crippen LogP contribution in [0.4, 0.5) is 0 Å². The van der Waals surface area contributed by atoms with Crippen LogP contribution in [0.15, 0.2) is 30.3 Å². The van der Waals surface area contributed by atoms with E-state index in [2.05, 4.69) is 38.0 Å². The van der Waals surface area contributed by atoms with E-state index in [9.17, 15) is 0 Å². The molecule has 0 unspecified atom stereocenters. The molecule has 0 spiro atoms. The van der Waals surface area contributed by atoms with Gasteiger partial charge in [-0.05, 0) is 27.7 Å². The molecule has 1 aromatic carbocycles. The zero-order valence-electron chi connectivity index (χ0n) is 12.5. The van der Waals surface area contributed by atoms with Gasteiger partial charge in [0.2, 0.25) is 0 Å². The third kappa shape index (κ3) is 2.51. The van der Waals surface area contributed by atoms with E-state index in [1.165, 1.54) is 0 Å². The maximum Gasteiger partial charge on any atom is 0.162 e. The molecule has 5 heteroatoms. The monoisotopic (exact) mass is 315 g/mol. The van der Waals surface area contributed by atoms with Crippen molar-refractivity contribution in [3.63, 3.8) is 0 Å². The van der Waals surface area contributed by atoms with Crippen molar-refractivity contribution >= 4 is 34.6 Å². The van der Waals surface area contributed by atoms with Gasteiger partial charge in [0.25, 0.3) is 0 Å². The first kappa shape index (κ1) is 14.4. The number of aryl methyl sites for hydroxylation is 1. The lowest BCUT2D eigenvalue weighted by molar-refractivity contribution is 0.364. The van der Waals surface area contributed by atoms with Crippen molar-refractivity contribution < 1.29 is 0 Å². The lowest BCUT2D eigenvalue weighted by atomic mass is 10.1. The van der Waals surface area contributed by atoms with Crippen LogP contribution in [0.3, 0.4) is 0 Å². The van der Waals surface area contributed by atoms with E-state index in [4.69, 9.17) is 17.2 Å². The summed E-state index contributed by atoms with van der Waals surface area (Å²) in [6.07, 6.45) is 0. The first-order valence-corrected chi connectivity index (χ1v) is 8.07. The van der Waals surface area contributed by atoms with Crippen LogP contribution in [-0.2, 0) is 5.54 Å². The van der Waals surface area contributed by atoms with Crippen molar-refractivity contribution in [3.05, 3.63) is 39.8 Å². The molecule has 3 nitrogen and oxygen atoms in total. The lowest BCUT2D eigenvalue weighted by Gasteiger charge is -2.19. The van der Waals surface area contributed by atoms with Crippen molar-refractivity contribution in [1.82, 2.24) is 14.8 Å². The molecule has 2 heterocycles. The molecule has 2 aromatic heterocycles. The number of aromatic nitrogens is 3. The molecule has 0 amide bonds. The van der Waals surface area contributed by atoms with Gasteiger partial charge in [-0.2, -0.15) is 5.10 Å².